The van der Waals surface area contributed by atoms with E-state index >= 15 is 0 Å². The van der Waals surface area contributed by atoms with Crippen LogP contribution >= 0.6 is 11.3 Å². The number of hydrogen-bond donors (Lipinski definition) is 1. The molecule has 2 rings (SSSR count). The molecule has 2 aromatic rings. The van der Waals surface area contributed by atoms with E-state index in [1.807, 2.05) is 13.0 Å². The highest BCUT2D eigenvalue weighted by Gasteiger charge is 2.03. The first kappa shape index (κ1) is 10.1. The molecule has 0 aliphatic heterocycles. The van der Waals surface area contributed by atoms with Gasteiger partial charge in [-0.3, -0.25) is 0 Å². The van der Waals surface area contributed by atoms with Crippen LogP contribution < -0.4 is 5.32 Å². The first-order valence-electron chi connectivity index (χ1n) is 4.91. The van der Waals surface area contributed by atoms with Crippen molar-refractivity contribution in [3.05, 3.63) is 28.7 Å². The van der Waals surface area contributed by atoms with Gasteiger partial charge in [-0.15, -0.1) is 0 Å². The van der Waals surface area contributed by atoms with Crippen LogP contribution in [-0.4, -0.2) is 16.5 Å². The number of hydrogen-bond acceptors (Lipinski definition) is 4. The molecule has 0 aromatic carbocycles. The van der Waals surface area contributed by atoms with Crippen molar-refractivity contribution in [2.45, 2.75) is 13.8 Å². The Kier molecular flexibility index (Phi) is 2.97. The largest absolute Gasteiger partial charge is 0.370 e. The fourth-order valence-corrected chi connectivity index (χ4v) is 2.05. The zero-order valence-electron chi connectivity index (χ0n) is 8.82. The Labute approximate surface area is 93.2 Å². The maximum Gasteiger partial charge on any atom is 0.130 e. The zero-order chi connectivity index (χ0) is 10.7. The van der Waals surface area contributed by atoms with Gasteiger partial charge in [-0.25, -0.2) is 9.97 Å². The van der Waals surface area contributed by atoms with Gasteiger partial charge in [0.1, 0.15) is 11.6 Å². The van der Waals surface area contributed by atoms with Crippen LogP contribution in [0, 0.1) is 6.92 Å². The Bertz CT molecular complexity index is 437. The number of aryl methyl sites for hydroxylation is 1. The lowest BCUT2D eigenvalue weighted by atomic mass is 10.2. The second-order valence-corrected chi connectivity index (χ2v) is 4.01. The molecular formula is C11H13N3S. The molecule has 4 heteroatoms. The first-order chi connectivity index (χ1) is 7.29. The quantitative estimate of drug-likeness (QED) is 0.862. The molecule has 0 radical (unpaired) electrons. The topological polar surface area (TPSA) is 37.8 Å². The van der Waals surface area contributed by atoms with Crippen LogP contribution in [-0.2, 0) is 0 Å². The minimum absolute atomic E-state index is 0.801. The Morgan fingerprint density at radius 1 is 1.40 bits per heavy atom. The van der Waals surface area contributed by atoms with Gasteiger partial charge in [-0.05, 0) is 25.3 Å². The van der Waals surface area contributed by atoms with Crippen LogP contribution in [0.2, 0.25) is 0 Å². The fraction of sp³-hybridized carbons (Fsp3) is 0.273. The van der Waals surface area contributed by atoms with E-state index in [0.29, 0.717) is 0 Å². The summed E-state index contributed by atoms with van der Waals surface area (Å²) in [6, 6.07) is 4.06. The van der Waals surface area contributed by atoms with Crippen molar-refractivity contribution in [1.29, 1.82) is 0 Å². The molecule has 0 saturated heterocycles. The highest BCUT2D eigenvalue weighted by Crippen LogP contribution is 2.21. The minimum atomic E-state index is 0.801. The minimum Gasteiger partial charge on any atom is -0.370 e. The molecule has 15 heavy (non-hydrogen) atoms. The molecular weight excluding hydrogens is 206 g/mol. The molecule has 0 aliphatic rings. The van der Waals surface area contributed by atoms with Crippen molar-refractivity contribution < 1.29 is 0 Å². The van der Waals surface area contributed by atoms with E-state index in [9.17, 15) is 0 Å². The zero-order valence-corrected chi connectivity index (χ0v) is 9.64. The third-order valence-electron chi connectivity index (χ3n) is 2.01. The van der Waals surface area contributed by atoms with E-state index in [4.69, 9.17) is 0 Å². The fourth-order valence-electron chi connectivity index (χ4n) is 1.40. The van der Waals surface area contributed by atoms with Crippen LogP contribution in [0.1, 0.15) is 12.7 Å². The molecule has 0 unspecified atom stereocenters. The van der Waals surface area contributed by atoms with Gasteiger partial charge in [0.05, 0.1) is 5.69 Å². The average Bonchev–Trinajstić information content (AvgIpc) is 2.70. The molecule has 0 fully saturated rings. The van der Waals surface area contributed by atoms with Gasteiger partial charge < -0.3 is 5.32 Å². The van der Waals surface area contributed by atoms with Crippen molar-refractivity contribution in [2.75, 3.05) is 11.9 Å². The molecule has 1 N–H and O–H groups in total. The maximum absolute atomic E-state index is 4.41. The highest BCUT2D eigenvalue weighted by molar-refractivity contribution is 7.08. The summed E-state index contributed by atoms with van der Waals surface area (Å²) in [5.74, 6) is 1.70. The molecule has 0 bridgehead atoms. The predicted molar refractivity (Wildman–Crippen MR) is 64.2 cm³/mol. The Morgan fingerprint density at radius 3 is 2.93 bits per heavy atom. The third kappa shape index (κ3) is 2.33. The normalized spacial score (nSPS) is 10.3. The van der Waals surface area contributed by atoms with Gasteiger partial charge in [-0.2, -0.15) is 11.3 Å². The Balaban J connectivity index is 2.40. The Hall–Kier alpha value is -1.42. The van der Waals surface area contributed by atoms with Gasteiger partial charge in [-0.1, -0.05) is 0 Å². The molecule has 0 saturated carbocycles. The van der Waals surface area contributed by atoms with Crippen molar-refractivity contribution in [3.8, 4) is 11.3 Å². The van der Waals surface area contributed by atoms with E-state index in [1.54, 1.807) is 11.3 Å². The predicted octanol–water partition coefficient (Wildman–Crippen LogP) is 2.95. The van der Waals surface area contributed by atoms with Crippen molar-refractivity contribution in [1.82, 2.24) is 9.97 Å². The van der Waals surface area contributed by atoms with Crippen LogP contribution in [0.4, 0.5) is 5.82 Å². The standard InChI is InChI=1S/C11H13N3S/c1-3-12-11-6-10(13-8(2)14-11)9-4-5-15-7-9/h4-7H,3H2,1-2H3,(H,12,13,14). The smallest absolute Gasteiger partial charge is 0.130 e. The lowest BCUT2D eigenvalue weighted by Crippen LogP contribution is -2.02. The van der Waals surface area contributed by atoms with E-state index < -0.39 is 0 Å². The molecule has 0 aliphatic carbocycles. The lowest BCUT2D eigenvalue weighted by molar-refractivity contribution is 1.04. The number of rotatable bonds is 3. The summed E-state index contributed by atoms with van der Waals surface area (Å²) >= 11 is 1.68. The summed E-state index contributed by atoms with van der Waals surface area (Å²) in [6.07, 6.45) is 0. The van der Waals surface area contributed by atoms with E-state index in [0.717, 1.165) is 29.4 Å². The summed E-state index contributed by atoms with van der Waals surface area (Å²) in [7, 11) is 0. The second-order valence-electron chi connectivity index (χ2n) is 3.23. The highest BCUT2D eigenvalue weighted by atomic mass is 32.1. The van der Waals surface area contributed by atoms with Gasteiger partial charge >= 0.3 is 0 Å². The molecule has 3 nitrogen and oxygen atoms in total. The number of anilines is 1. The maximum atomic E-state index is 4.41. The molecule has 78 valence electrons. The summed E-state index contributed by atoms with van der Waals surface area (Å²) in [6.45, 7) is 4.85. The van der Waals surface area contributed by atoms with Crippen molar-refractivity contribution in [3.63, 3.8) is 0 Å². The molecule has 0 amide bonds. The van der Waals surface area contributed by atoms with Crippen LogP contribution in [0.3, 0.4) is 0 Å². The molecule has 2 heterocycles. The van der Waals surface area contributed by atoms with E-state index in [2.05, 4.69) is 39.0 Å². The SMILES string of the molecule is CCNc1cc(-c2ccsc2)nc(C)n1. The summed E-state index contributed by atoms with van der Waals surface area (Å²) < 4.78 is 0. The average molecular weight is 219 g/mol. The molecule has 2 aromatic heterocycles. The van der Waals surface area contributed by atoms with Gasteiger partial charge in [0.15, 0.2) is 0 Å². The first-order valence-corrected chi connectivity index (χ1v) is 5.86. The molecule has 0 atom stereocenters. The van der Waals surface area contributed by atoms with E-state index in [-0.39, 0.29) is 0 Å². The lowest BCUT2D eigenvalue weighted by Gasteiger charge is -2.05. The number of aromatic nitrogens is 2. The second kappa shape index (κ2) is 4.40. The number of thiophene rings is 1. The number of nitrogens with zero attached hydrogens (tertiary/aromatic N) is 2. The van der Waals surface area contributed by atoms with Crippen LogP contribution in [0.5, 0.6) is 0 Å². The van der Waals surface area contributed by atoms with Gasteiger partial charge in [0.25, 0.3) is 0 Å². The monoisotopic (exact) mass is 219 g/mol. The number of nitrogens with one attached hydrogen (secondary N) is 1. The Morgan fingerprint density at radius 2 is 2.27 bits per heavy atom. The van der Waals surface area contributed by atoms with Gasteiger partial charge in [0.2, 0.25) is 0 Å². The van der Waals surface area contributed by atoms with E-state index in [1.165, 1.54) is 0 Å². The van der Waals surface area contributed by atoms with Crippen LogP contribution in [0.25, 0.3) is 11.3 Å². The molecule has 0 spiro atoms. The summed E-state index contributed by atoms with van der Waals surface area (Å²) in [5, 5.41) is 7.35. The van der Waals surface area contributed by atoms with Crippen molar-refractivity contribution >= 4 is 17.2 Å². The third-order valence-corrected chi connectivity index (χ3v) is 2.70. The van der Waals surface area contributed by atoms with Gasteiger partial charge in [0, 0.05) is 23.6 Å². The summed E-state index contributed by atoms with van der Waals surface area (Å²) in [5.41, 5.74) is 2.14. The van der Waals surface area contributed by atoms with Crippen LogP contribution in [0.15, 0.2) is 22.9 Å². The summed E-state index contributed by atoms with van der Waals surface area (Å²) in [4.78, 5) is 8.73. The van der Waals surface area contributed by atoms with Crippen molar-refractivity contribution in [2.24, 2.45) is 0 Å².